The van der Waals surface area contributed by atoms with E-state index in [1.807, 2.05) is 19.2 Å². The van der Waals surface area contributed by atoms with Crippen LogP contribution >= 0.6 is 0 Å². The Morgan fingerprint density at radius 3 is 3.12 bits per heavy atom. The van der Waals surface area contributed by atoms with Gasteiger partial charge in [0.25, 0.3) is 0 Å². The van der Waals surface area contributed by atoms with Crippen LogP contribution in [0.2, 0.25) is 0 Å². The summed E-state index contributed by atoms with van der Waals surface area (Å²) in [5, 5.41) is 3.06. The van der Waals surface area contributed by atoms with Crippen LogP contribution in [0.5, 0.6) is 0 Å². The summed E-state index contributed by atoms with van der Waals surface area (Å²) in [5.74, 6) is 0.924. The lowest BCUT2D eigenvalue weighted by atomic mass is 10.2. The molecule has 17 heavy (non-hydrogen) atoms. The van der Waals surface area contributed by atoms with Crippen LogP contribution in [-0.4, -0.2) is 43.2 Å². The molecule has 1 aliphatic rings. The van der Waals surface area contributed by atoms with E-state index < -0.39 is 0 Å². The molecular formula is C13H21N3O. The molecule has 1 saturated heterocycles. The Kier molecular flexibility index (Phi) is 4.34. The van der Waals surface area contributed by atoms with Crippen molar-refractivity contribution in [3.63, 3.8) is 0 Å². The summed E-state index contributed by atoms with van der Waals surface area (Å²) in [7, 11) is 4.01. The highest BCUT2D eigenvalue weighted by Gasteiger charge is 2.17. The summed E-state index contributed by atoms with van der Waals surface area (Å²) >= 11 is 0. The van der Waals surface area contributed by atoms with E-state index in [0.29, 0.717) is 6.10 Å². The van der Waals surface area contributed by atoms with Crippen LogP contribution < -0.4 is 5.32 Å². The number of hydrogen-bond acceptors (Lipinski definition) is 4. The van der Waals surface area contributed by atoms with Gasteiger partial charge in [-0.25, -0.2) is 4.98 Å². The third-order valence-electron chi connectivity index (χ3n) is 3.03. The van der Waals surface area contributed by atoms with E-state index in [1.54, 1.807) is 0 Å². The zero-order valence-corrected chi connectivity index (χ0v) is 10.6. The minimum atomic E-state index is 0.410. The molecule has 1 N–H and O–H groups in total. The van der Waals surface area contributed by atoms with Gasteiger partial charge in [0.05, 0.1) is 11.8 Å². The molecule has 0 bridgehead atoms. The SMILES string of the molecule is CNc1cccc(CN(C)CC2CCCO2)n1. The van der Waals surface area contributed by atoms with Gasteiger partial charge in [0.1, 0.15) is 5.82 Å². The molecule has 1 unspecified atom stereocenters. The minimum absolute atomic E-state index is 0.410. The molecule has 1 fully saturated rings. The maximum absolute atomic E-state index is 5.63. The number of ether oxygens (including phenoxy) is 1. The van der Waals surface area contributed by atoms with Gasteiger partial charge in [-0.15, -0.1) is 0 Å². The molecule has 4 heteroatoms. The van der Waals surface area contributed by atoms with Gasteiger partial charge >= 0.3 is 0 Å². The fraction of sp³-hybridized carbons (Fsp3) is 0.615. The lowest BCUT2D eigenvalue weighted by Gasteiger charge is -2.20. The quantitative estimate of drug-likeness (QED) is 0.843. The molecule has 0 aliphatic carbocycles. The standard InChI is InChI=1S/C13H21N3O/c1-14-13-7-3-5-11(15-13)9-16(2)10-12-6-4-8-17-12/h3,5,7,12H,4,6,8-10H2,1-2H3,(H,14,15). The van der Waals surface area contributed by atoms with Crippen molar-refractivity contribution in [3.05, 3.63) is 23.9 Å². The van der Waals surface area contributed by atoms with E-state index >= 15 is 0 Å². The number of anilines is 1. The van der Waals surface area contributed by atoms with Crippen molar-refractivity contribution >= 4 is 5.82 Å². The van der Waals surface area contributed by atoms with Gasteiger partial charge in [0.15, 0.2) is 0 Å². The monoisotopic (exact) mass is 235 g/mol. The maximum Gasteiger partial charge on any atom is 0.126 e. The largest absolute Gasteiger partial charge is 0.377 e. The Bertz CT molecular complexity index is 350. The first-order chi connectivity index (χ1) is 8.28. The average molecular weight is 235 g/mol. The normalized spacial score (nSPS) is 19.8. The van der Waals surface area contributed by atoms with Crippen molar-refractivity contribution in [1.29, 1.82) is 0 Å². The summed E-state index contributed by atoms with van der Waals surface area (Å²) in [5.41, 5.74) is 1.09. The number of nitrogens with zero attached hydrogens (tertiary/aromatic N) is 2. The van der Waals surface area contributed by atoms with Crippen LogP contribution in [0.25, 0.3) is 0 Å². The molecule has 0 radical (unpaired) electrons. The van der Waals surface area contributed by atoms with Crippen molar-refractivity contribution < 1.29 is 4.74 Å². The van der Waals surface area contributed by atoms with Gasteiger partial charge in [-0.2, -0.15) is 0 Å². The Hall–Kier alpha value is -1.13. The van der Waals surface area contributed by atoms with Crippen molar-refractivity contribution in [2.45, 2.75) is 25.5 Å². The number of likely N-dealkylation sites (N-methyl/N-ethyl adjacent to an activating group) is 1. The highest BCUT2D eigenvalue weighted by atomic mass is 16.5. The summed E-state index contributed by atoms with van der Waals surface area (Å²) < 4.78 is 5.63. The Morgan fingerprint density at radius 1 is 1.53 bits per heavy atom. The summed E-state index contributed by atoms with van der Waals surface area (Å²) in [6, 6.07) is 6.07. The number of pyridine rings is 1. The highest BCUT2D eigenvalue weighted by Crippen LogP contribution is 2.14. The van der Waals surface area contributed by atoms with Gasteiger partial charge in [-0.05, 0) is 32.0 Å². The number of rotatable bonds is 5. The Balaban J connectivity index is 1.85. The minimum Gasteiger partial charge on any atom is -0.377 e. The maximum atomic E-state index is 5.63. The van der Waals surface area contributed by atoms with Gasteiger partial charge in [-0.3, -0.25) is 4.90 Å². The highest BCUT2D eigenvalue weighted by molar-refractivity contribution is 5.34. The second-order valence-corrected chi connectivity index (χ2v) is 4.60. The van der Waals surface area contributed by atoms with Crippen molar-refractivity contribution in [2.75, 3.05) is 32.6 Å². The topological polar surface area (TPSA) is 37.4 Å². The fourth-order valence-electron chi connectivity index (χ4n) is 2.18. The first-order valence-electron chi connectivity index (χ1n) is 6.22. The van der Waals surface area contributed by atoms with E-state index in [2.05, 4.69) is 28.3 Å². The van der Waals surface area contributed by atoms with Gasteiger partial charge in [0.2, 0.25) is 0 Å². The van der Waals surface area contributed by atoms with Gasteiger partial charge in [-0.1, -0.05) is 6.07 Å². The second-order valence-electron chi connectivity index (χ2n) is 4.60. The summed E-state index contributed by atoms with van der Waals surface area (Å²) in [6.07, 6.45) is 2.80. The number of aromatic nitrogens is 1. The van der Waals surface area contributed by atoms with Crippen molar-refractivity contribution in [3.8, 4) is 0 Å². The molecule has 2 rings (SSSR count). The molecule has 1 aromatic heterocycles. The first kappa shape index (κ1) is 12.3. The Labute approximate surface area is 103 Å². The Morgan fingerprint density at radius 2 is 2.41 bits per heavy atom. The lowest BCUT2D eigenvalue weighted by Crippen LogP contribution is -2.28. The lowest BCUT2D eigenvalue weighted by molar-refractivity contribution is 0.0790. The van der Waals surface area contributed by atoms with Crippen LogP contribution in [0, 0.1) is 0 Å². The molecule has 2 heterocycles. The second kappa shape index (κ2) is 5.98. The molecule has 0 amide bonds. The van der Waals surface area contributed by atoms with Crippen LogP contribution in [0.4, 0.5) is 5.82 Å². The molecule has 1 atom stereocenters. The number of hydrogen-bond donors (Lipinski definition) is 1. The molecule has 4 nitrogen and oxygen atoms in total. The van der Waals surface area contributed by atoms with E-state index in [-0.39, 0.29) is 0 Å². The molecular weight excluding hydrogens is 214 g/mol. The van der Waals surface area contributed by atoms with E-state index in [0.717, 1.165) is 31.2 Å². The molecule has 1 aromatic rings. The molecule has 1 aliphatic heterocycles. The molecule has 0 saturated carbocycles. The number of nitrogens with one attached hydrogen (secondary N) is 1. The van der Waals surface area contributed by atoms with Gasteiger partial charge < -0.3 is 10.1 Å². The van der Waals surface area contributed by atoms with Crippen LogP contribution in [0.3, 0.4) is 0 Å². The molecule has 0 aromatic carbocycles. The van der Waals surface area contributed by atoms with E-state index in [4.69, 9.17) is 4.74 Å². The first-order valence-corrected chi connectivity index (χ1v) is 6.22. The fourth-order valence-corrected chi connectivity index (χ4v) is 2.18. The van der Waals surface area contributed by atoms with Crippen LogP contribution in [0.1, 0.15) is 18.5 Å². The van der Waals surface area contributed by atoms with E-state index in [9.17, 15) is 0 Å². The smallest absolute Gasteiger partial charge is 0.126 e. The van der Waals surface area contributed by atoms with Crippen molar-refractivity contribution in [2.24, 2.45) is 0 Å². The van der Waals surface area contributed by atoms with Crippen LogP contribution in [-0.2, 0) is 11.3 Å². The summed E-state index contributed by atoms with van der Waals surface area (Å²) in [4.78, 5) is 6.79. The third-order valence-corrected chi connectivity index (χ3v) is 3.03. The summed E-state index contributed by atoms with van der Waals surface area (Å²) in [6.45, 7) is 2.78. The predicted molar refractivity (Wildman–Crippen MR) is 69.1 cm³/mol. The van der Waals surface area contributed by atoms with E-state index in [1.165, 1.54) is 12.8 Å². The van der Waals surface area contributed by atoms with Gasteiger partial charge in [0, 0.05) is 26.7 Å². The zero-order chi connectivity index (χ0) is 12.1. The molecule has 0 spiro atoms. The molecule has 94 valence electrons. The van der Waals surface area contributed by atoms with Crippen LogP contribution in [0.15, 0.2) is 18.2 Å². The predicted octanol–water partition coefficient (Wildman–Crippen LogP) is 1.73. The zero-order valence-electron chi connectivity index (χ0n) is 10.6. The van der Waals surface area contributed by atoms with Crippen molar-refractivity contribution in [1.82, 2.24) is 9.88 Å². The third kappa shape index (κ3) is 3.68. The average Bonchev–Trinajstić information content (AvgIpc) is 2.82.